The van der Waals surface area contributed by atoms with E-state index in [2.05, 4.69) is 9.72 Å². The lowest BCUT2D eigenvalue weighted by molar-refractivity contribution is -0.274. The average Bonchev–Trinajstić information content (AvgIpc) is 2.26. The molecular formula is C12H7F4NO2. The first-order valence-corrected chi connectivity index (χ1v) is 5.06. The fourth-order valence-electron chi connectivity index (χ4n) is 1.48. The molecule has 3 nitrogen and oxygen atoms in total. The van der Waals surface area contributed by atoms with Crippen molar-refractivity contribution in [1.29, 1.82) is 0 Å². The van der Waals surface area contributed by atoms with Gasteiger partial charge in [-0.15, -0.1) is 13.2 Å². The lowest BCUT2D eigenvalue weighted by atomic mass is 10.1. The van der Waals surface area contributed by atoms with Crippen LogP contribution in [0.15, 0.2) is 36.5 Å². The van der Waals surface area contributed by atoms with Crippen molar-refractivity contribution in [3.05, 3.63) is 42.3 Å². The molecule has 1 heterocycles. The highest BCUT2D eigenvalue weighted by Gasteiger charge is 2.31. The molecule has 1 aromatic heterocycles. The summed E-state index contributed by atoms with van der Waals surface area (Å²) in [4.78, 5) is 3.62. The van der Waals surface area contributed by atoms with Crippen LogP contribution in [0.4, 0.5) is 17.6 Å². The predicted octanol–water partition coefficient (Wildman–Crippen LogP) is 3.49. The highest BCUT2D eigenvalue weighted by atomic mass is 19.4. The second kappa shape index (κ2) is 4.75. The van der Waals surface area contributed by atoms with E-state index >= 15 is 0 Å². The van der Waals surface area contributed by atoms with E-state index in [0.717, 1.165) is 24.4 Å². The number of benzene rings is 1. The van der Waals surface area contributed by atoms with Crippen molar-refractivity contribution < 1.29 is 27.4 Å². The molecule has 2 aromatic rings. The molecule has 19 heavy (non-hydrogen) atoms. The van der Waals surface area contributed by atoms with Crippen molar-refractivity contribution in [3.8, 4) is 22.8 Å². The number of rotatable bonds is 2. The van der Waals surface area contributed by atoms with Gasteiger partial charge in [-0.2, -0.15) is 0 Å². The first-order chi connectivity index (χ1) is 8.85. The van der Waals surface area contributed by atoms with Crippen molar-refractivity contribution in [2.75, 3.05) is 0 Å². The molecule has 0 spiro atoms. The smallest absolute Gasteiger partial charge is 0.506 e. The van der Waals surface area contributed by atoms with Gasteiger partial charge in [-0.3, -0.25) is 0 Å². The fourth-order valence-corrected chi connectivity index (χ4v) is 1.48. The molecule has 1 N–H and O–H groups in total. The van der Waals surface area contributed by atoms with Gasteiger partial charge < -0.3 is 9.84 Å². The molecular weight excluding hydrogens is 266 g/mol. The quantitative estimate of drug-likeness (QED) is 0.851. The summed E-state index contributed by atoms with van der Waals surface area (Å²) in [6.45, 7) is 0. The largest absolute Gasteiger partial charge is 0.573 e. The van der Waals surface area contributed by atoms with Gasteiger partial charge in [0.1, 0.15) is 17.2 Å². The molecule has 0 amide bonds. The molecule has 2 rings (SSSR count). The molecule has 0 bridgehead atoms. The van der Waals surface area contributed by atoms with Crippen LogP contribution in [-0.4, -0.2) is 16.5 Å². The van der Waals surface area contributed by atoms with Crippen molar-refractivity contribution in [2.45, 2.75) is 6.36 Å². The second-order valence-electron chi connectivity index (χ2n) is 3.60. The number of aromatic nitrogens is 1. The molecule has 0 unspecified atom stereocenters. The van der Waals surface area contributed by atoms with E-state index in [0.29, 0.717) is 0 Å². The first-order valence-electron chi connectivity index (χ1n) is 5.06. The minimum absolute atomic E-state index is 0.110. The monoisotopic (exact) mass is 273 g/mol. The average molecular weight is 273 g/mol. The molecule has 0 aliphatic rings. The maximum atomic E-state index is 13.5. The molecule has 0 fully saturated rings. The zero-order valence-corrected chi connectivity index (χ0v) is 9.28. The molecule has 1 aromatic carbocycles. The Morgan fingerprint density at radius 1 is 1.16 bits per heavy atom. The van der Waals surface area contributed by atoms with Crippen LogP contribution in [0.2, 0.25) is 0 Å². The van der Waals surface area contributed by atoms with Gasteiger partial charge >= 0.3 is 6.36 Å². The van der Waals surface area contributed by atoms with Gasteiger partial charge in [0, 0.05) is 11.6 Å². The highest BCUT2D eigenvalue weighted by molar-refractivity contribution is 5.62. The Balaban J connectivity index is 2.38. The summed E-state index contributed by atoms with van der Waals surface area (Å²) in [6.07, 6.45) is -3.82. The van der Waals surface area contributed by atoms with Crippen molar-refractivity contribution in [1.82, 2.24) is 4.98 Å². The number of halogens is 4. The lowest BCUT2D eigenvalue weighted by Crippen LogP contribution is -2.17. The van der Waals surface area contributed by atoms with E-state index in [1.54, 1.807) is 0 Å². The second-order valence-corrected chi connectivity index (χ2v) is 3.60. The number of nitrogens with zero attached hydrogens (tertiary/aromatic N) is 1. The Bertz CT molecular complexity index is 599. The van der Waals surface area contributed by atoms with E-state index < -0.39 is 17.9 Å². The maximum Gasteiger partial charge on any atom is 0.573 e. The third kappa shape index (κ3) is 3.34. The number of pyridine rings is 1. The van der Waals surface area contributed by atoms with Crippen LogP contribution in [0, 0.1) is 5.82 Å². The lowest BCUT2D eigenvalue weighted by Gasteiger charge is -2.10. The predicted molar refractivity (Wildman–Crippen MR) is 58.0 cm³/mol. The summed E-state index contributed by atoms with van der Waals surface area (Å²) in [5, 5.41) is 9.02. The van der Waals surface area contributed by atoms with Crippen LogP contribution >= 0.6 is 0 Å². The van der Waals surface area contributed by atoms with E-state index in [-0.39, 0.29) is 17.0 Å². The summed E-state index contributed by atoms with van der Waals surface area (Å²) < 4.78 is 53.4. The van der Waals surface area contributed by atoms with Crippen LogP contribution in [0.25, 0.3) is 11.3 Å². The molecule has 0 aliphatic heterocycles. The van der Waals surface area contributed by atoms with Crippen molar-refractivity contribution in [3.63, 3.8) is 0 Å². The third-order valence-electron chi connectivity index (χ3n) is 2.17. The Hall–Kier alpha value is -2.31. The normalized spacial score (nSPS) is 11.4. The van der Waals surface area contributed by atoms with Crippen molar-refractivity contribution in [2.24, 2.45) is 0 Å². The molecule has 0 saturated carbocycles. The number of hydrogen-bond donors (Lipinski definition) is 1. The van der Waals surface area contributed by atoms with Crippen LogP contribution < -0.4 is 4.74 Å². The summed E-state index contributed by atoms with van der Waals surface area (Å²) >= 11 is 0. The van der Waals surface area contributed by atoms with Gasteiger partial charge in [0.2, 0.25) is 0 Å². The minimum atomic E-state index is -4.82. The Kier molecular flexibility index (Phi) is 3.28. The third-order valence-corrected chi connectivity index (χ3v) is 2.17. The Morgan fingerprint density at radius 3 is 2.53 bits per heavy atom. The van der Waals surface area contributed by atoms with Gasteiger partial charge in [-0.05, 0) is 12.1 Å². The van der Waals surface area contributed by atoms with Crippen molar-refractivity contribution >= 4 is 0 Å². The van der Waals surface area contributed by atoms with Crippen LogP contribution in [0.3, 0.4) is 0 Å². The summed E-state index contributed by atoms with van der Waals surface area (Å²) in [5.74, 6) is -1.69. The summed E-state index contributed by atoms with van der Waals surface area (Å²) in [5.41, 5.74) is -0.0651. The standard InChI is InChI=1S/C12H7F4NO2/c13-10-5-8(18)6-17-11(10)7-2-1-3-9(4-7)19-12(14,15)16/h1-6,18H. The van der Waals surface area contributed by atoms with Gasteiger partial charge in [-0.25, -0.2) is 9.37 Å². The van der Waals surface area contributed by atoms with E-state index in [1.807, 2.05) is 0 Å². The van der Waals surface area contributed by atoms with Gasteiger partial charge in [0.25, 0.3) is 0 Å². The van der Waals surface area contributed by atoms with Crippen LogP contribution in [0.1, 0.15) is 0 Å². The number of hydrogen-bond acceptors (Lipinski definition) is 3. The first kappa shape index (κ1) is 13.1. The fraction of sp³-hybridized carbons (Fsp3) is 0.0833. The van der Waals surface area contributed by atoms with Crippen LogP contribution in [-0.2, 0) is 0 Å². The zero-order chi connectivity index (χ0) is 14.0. The van der Waals surface area contributed by atoms with Gasteiger partial charge in [0.05, 0.1) is 6.20 Å². The molecule has 0 radical (unpaired) electrons. The molecule has 0 atom stereocenters. The molecule has 0 saturated heterocycles. The van der Waals surface area contributed by atoms with E-state index in [4.69, 9.17) is 5.11 Å². The SMILES string of the molecule is Oc1cnc(-c2cccc(OC(F)(F)F)c2)c(F)c1. The summed E-state index contributed by atoms with van der Waals surface area (Å²) in [7, 11) is 0. The highest BCUT2D eigenvalue weighted by Crippen LogP contribution is 2.29. The van der Waals surface area contributed by atoms with Gasteiger partial charge in [0.15, 0.2) is 5.82 Å². The Morgan fingerprint density at radius 2 is 1.89 bits per heavy atom. The molecule has 100 valence electrons. The zero-order valence-electron chi connectivity index (χ0n) is 9.28. The topological polar surface area (TPSA) is 42.4 Å². The van der Waals surface area contributed by atoms with Crippen LogP contribution in [0.5, 0.6) is 11.5 Å². The van der Waals surface area contributed by atoms with Gasteiger partial charge in [-0.1, -0.05) is 12.1 Å². The molecule has 7 heteroatoms. The summed E-state index contributed by atoms with van der Waals surface area (Å²) in [6, 6.07) is 5.58. The number of ether oxygens (including phenoxy) is 1. The number of aromatic hydroxyl groups is 1. The maximum absolute atomic E-state index is 13.5. The minimum Gasteiger partial charge on any atom is -0.506 e. The van der Waals surface area contributed by atoms with E-state index in [1.165, 1.54) is 12.1 Å². The Labute approximate surface area is 105 Å². The van der Waals surface area contributed by atoms with E-state index in [9.17, 15) is 17.6 Å². The number of alkyl halides is 3. The molecule has 0 aliphatic carbocycles.